The molecule has 1 saturated heterocycles. The van der Waals surface area contributed by atoms with Crippen LogP contribution in [0.5, 0.6) is 5.88 Å². The lowest BCUT2D eigenvalue weighted by atomic mass is 10.1. The van der Waals surface area contributed by atoms with Crippen molar-refractivity contribution >= 4 is 17.2 Å². The minimum atomic E-state index is -0.357. The molecule has 0 spiro atoms. The summed E-state index contributed by atoms with van der Waals surface area (Å²) in [6.45, 7) is 2.62. The van der Waals surface area contributed by atoms with E-state index in [9.17, 15) is 9.18 Å². The summed E-state index contributed by atoms with van der Waals surface area (Å²) >= 11 is 0. The van der Waals surface area contributed by atoms with Gasteiger partial charge in [-0.1, -0.05) is 24.3 Å². The minimum absolute atomic E-state index is 0.165. The fraction of sp³-hybridized carbons (Fsp3) is 0.208. The first kappa shape index (κ1) is 19.2. The third-order valence-corrected chi connectivity index (χ3v) is 5.50. The first-order valence-electron chi connectivity index (χ1n) is 10.3. The molecule has 0 bridgehead atoms. The standard InChI is InChI=1S/C24H21FN4O2/c1-16(18-4-2-5-19(25)14-18)31-23-12-11-22-26-15-21(29(22)27-23)17-7-9-20(10-8-17)28-13-3-6-24(28)30/h2,4-5,7-12,14-16H,3,6,13H2,1H3. The first-order valence-corrected chi connectivity index (χ1v) is 10.3. The predicted molar refractivity (Wildman–Crippen MR) is 115 cm³/mol. The second-order valence-electron chi connectivity index (χ2n) is 7.60. The fourth-order valence-corrected chi connectivity index (χ4v) is 3.86. The molecule has 1 amide bonds. The zero-order valence-electron chi connectivity index (χ0n) is 17.0. The fourth-order valence-electron chi connectivity index (χ4n) is 3.86. The average Bonchev–Trinajstić information content (AvgIpc) is 3.40. The first-order chi connectivity index (χ1) is 15.1. The lowest BCUT2D eigenvalue weighted by molar-refractivity contribution is -0.117. The quantitative estimate of drug-likeness (QED) is 0.469. The molecule has 156 valence electrons. The molecule has 7 heteroatoms. The van der Waals surface area contributed by atoms with Gasteiger partial charge in [0, 0.05) is 30.3 Å². The van der Waals surface area contributed by atoms with Gasteiger partial charge in [0.15, 0.2) is 5.65 Å². The number of ether oxygens (including phenoxy) is 1. The average molecular weight is 416 g/mol. The molecule has 2 aromatic heterocycles. The van der Waals surface area contributed by atoms with Crippen LogP contribution in [0.1, 0.15) is 31.4 Å². The lowest BCUT2D eigenvalue weighted by Gasteiger charge is -2.16. The molecule has 0 N–H and O–H groups in total. The highest BCUT2D eigenvalue weighted by atomic mass is 19.1. The molecule has 6 nitrogen and oxygen atoms in total. The van der Waals surface area contributed by atoms with Crippen LogP contribution in [0.15, 0.2) is 66.9 Å². The van der Waals surface area contributed by atoms with Crippen molar-refractivity contribution in [3.8, 4) is 17.1 Å². The summed E-state index contributed by atoms with van der Waals surface area (Å²) in [5.74, 6) is 0.286. The Morgan fingerprint density at radius 2 is 1.94 bits per heavy atom. The molecule has 4 aromatic rings. The Balaban J connectivity index is 1.42. The Morgan fingerprint density at radius 1 is 1.10 bits per heavy atom. The Labute approximate surface area is 178 Å². The zero-order valence-corrected chi connectivity index (χ0v) is 17.0. The van der Waals surface area contributed by atoms with Gasteiger partial charge in [-0.25, -0.2) is 13.9 Å². The van der Waals surface area contributed by atoms with E-state index in [0.717, 1.165) is 35.5 Å². The van der Waals surface area contributed by atoms with Gasteiger partial charge < -0.3 is 9.64 Å². The van der Waals surface area contributed by atoms with Crippen LogP contribution in [0, 0.1) is 5.82 Å². The highest BCUT2D eigenvalue weighted by Gasteiger charge is 2.21. The highest BCUT2D eigenvalue weighted by Crippen LogP contribution is 2.27. The third kappa shape index (κ3) is 3.74. The summed E-state index contributed by atoms with van der Waals surface area (Å²) in [5.41, 5.74) is 4.09. The molecule has 1 atom stereocenters. The van der Waals surface area contributed by atoms with E-state index in [1.165, 1.54) is 12.1 Å². The minimum Gasteiger partial charge on any atom is -0.469 e. The molecule has 5 rings (SSSR count). The second-order valence-corrected chi connectivity index (χ2v) is 7.60. The molecule has 2 aromatic carbocycles. The van der Waals surface area contributed by atoms with Crippen molar-refractivity contribution in [1.29, 1.82) is 0 Å². The number of imidazole rings is 1. The number of benzene rings is 2. The molecule has 1 aliphatic heterocycles. The van der Waals surface area contributed by atoms with E-state index in [2.05, 4.69) is 10.1 Å². The van der Waals surface area contributed by atoms with Crippen molar-refractivity contribution in [3.05, 3.63) is 78.2 Å². The summed E-state index contributed by atoms with van der Waals surface area (Å²) in [7, 11) is 0. The van der Waals surface area contributed by atoms with Crippen LogP contribution in [-0.2, 0) is 4.79 Å². The van der Waals surface area contributed by atoms with Crippen LogP contribution in [-0.4, -0.2) is 27.0 Å². The van der Waals surface area contributed by atoms with Crippen molar-refractivity contribution in [1.82, 2.24) is 14.6 Å². The van der Waals surface area contributed by atoms with Gasteiger partial charge in [-0.3, -0.25) is 4.79 Å². The summed E-state index contributed by atoms with van der Waals surface area (Å²) in [5, 5.41) is 4.59. The van der Waals surface area contributed by atoms with Crippen LogP contribution < -0.4 is 9.64 Å². The number of halogens is 1. The van der Waals surface area contributed by atoms with E-state index < -0.39 is 0 Å². The van der Waals surface area contributed by atoms with Crippen LogP contribution in [0.4, 0.5) is 10.1 Å². The SMILES string of the molecule is CC(Oc1ccc2ncc(-c3ccc(N4CCCC4=O)cc3)n2n1)c1cccc(F)c1. The van der Waals surface area contributed by atoms with E-state index in [4.69, 9.17) is 4.74 Å². The van der Waals surface area contributed by atoms with Crippen molar-refractivity contribution in [2.45, 2.75) is 25.9 Å². The van der Waals surface area contributed by atoms with Gasteiger partial charge in [0.25, 0.3) is 0 Å². The zero-order chi connectivity index (χ0) is 21.4. The summed E-state index contributed by atoms with van der Waals surface area (Å²) < 4.78 is 21.2. The normalized spacial score (nSPS) is 14.9. The number of hydrogen-bond donors (Lipinski definition) is 0. The number of anilines is 1. The molecule has 1 fully saturated rings. The van der Waals surface area contributed by atoms with Crippen LogP contribution >= 0.6 is 0 Å². The van der Waals surface area contributed by atoms with Gasteiger partial charge in [0.1, 0.15) is 11.9 Å². The maximum atomic E-state index is 13.5. The van der Waals surface area contributed by atoms with Crippen molar-refractivity contribution in [2.75, 3.05) is 11.4 Å². The largest absolute Gasteiger partial charge is 0.469 e. The van der Waals surface area contributed by atoms with Gasteiger partial charge in [0.05, 0.1) is 11.9 Å². The van der Waals surface area contributed by atoms with E-state index in [1.54, 1.807) is 22.8 Å². The van der Waals surface area contributed by atoms with Gasteiger partial charge in [-0.2, -0.15) is 0 Å². The topological polar surface area (TPSA) is 59.7 Å². The third-order valence-electron chi connectivity index (χ3n) is 5.50. The highest BCUT2D eigenvalue weighted by molar-refractivity contribution is 5.95. The molecule has 0 saturated carbocycles. The molecule has 31 heavy (non-hydrogen) atoms. The van der Waals surface area contributed by atoms with E-state index in [0.29, 0.717) is 17.9 Å². The second kappa shape index (κ2) is 7.83. The maximum Gasteiger partial charge on any atom is 0.232 e. The molecule has 3 heterocycles. The van der Waals surface area contributed by atoms with E-state index >= 15 is 0 Å². The Bertz CT molecular complexity index is 1250. The Kier molecular flexibility index (Phi) is 4.86. The van der Waals surface area contributed by atoms with E-state index in [-0.39, 0.29) is 17.8 Å². The number of carbonyl (C=O) groups is 1. The molecular formula is C24H21FN4O2. The summed E-state index contributed by atoms with van der Waals surface area (Å²) in [4.78, 5) is 18.2. The number of fused-ring (bicyclic) bond motifs is 1. The van der Waals surface area contributed by atoms with E-state index in [1.807, 2.05) is 48.2 Å². The lowest BCUT2D eigenvalue weighted by Crippen LogP contribution is -2.23. The molecule has 1 aliphatic rings. The van der Waals surface area contributed by atoms with Crippen LogP contribution in [0.2, 0.25) is 0 Å². The van der Waals surface area contributed by atoms with Crippen molar-refractivity contribution in [2.24, 2.45) is 0 Å². The van der Waals surface area contributed by atoms with Gasteiger partial charge in [-0.15, -0.1) is 5.10 Å². The Hall–Kier alpha value is -3.74. The number of rotatable bonds is 5. The molecule has 1 unspecified atom stereocenters. The Morgan fingerprint density at radius 3 is 2.68 bits per heavy atom. The predicted octanol–water partition coefficient (Wildman–Crippen LogP) is 4.80. The summed E-state index contributed by atoms with van der Waals surface area (Å²) in [6.07, 6.45) is 2.91. The molecular weight excluding hydrogens is 395 g/mol. The number of carbonyl (C=O) groups excluding carboxylic acids is 1. The molecule has 0 radical (unpaired) electrons. The number of hydrogen-bond acceptors (Lipinski definition) is 4. The monoisotopic (exact) mass is 416 g/mol. The van der Waals surface area contributed by atoms with Crippen molar-refractivity contribution < 1.29 is 13.9 Å². The smallest absolute Gasteiger partial charge is 0.232 e. The molecule has 0 aliphatic carbocycles. The van der Waals surface area contributed by atoms with Crippen LogP contribution in [0.25, 0.3) is 16.9 Å². The summed E-state index contributed by atoms with van der Waals surface area (Å²) in [6, 6.07) is 17.8. The van der Waals surface area contributed by atoms with Gasteiger partial charge >= 0.3 is 0 Å². The van der Waals surface area contributed by atoms with Gasteiger partial charge in [-0.05, 0) is 49.2 Å². The van der Waals surface area contributed by atoms with Gasteiger partial charge in [0.2, 0.25) is 11.8 Å². The van der Waals surface area contributed by atoms with Crippen LogP contribution in [0.3, 0.4) is 0 Å². The number of aromatic nitrogens is 3. The maximum absolute atomic E-state index is 13.5. The number of amides is 1. The number of nitrogens with zero attached hydrogens (tertiary/aromatic N) is 4. The van der Waals surface area contributed by atoms with Crippen molar-refractivity contribution in [3.63, 3.8) is 0 Å².